The number of amides is 1. The summed E-state index contributed by atoms with van der Waals surface area (Å²) in [6, 6.07) is 20.8. The Bertz CT molecular complexity index is 1050. The number of ether oxygens (including phenoxy) is 1. The first-order chi connectivity index (χ1) is 14.4. The predicted molar refractivity (Wildman–Crippen MR) is 109 cm³/mol. The Kier molecular flexibility index (Phi) is 6.70. The lowest BCUT2D eigenvalue weighted by Crippen LogP contribution is -2.30. The summed E-state index contributed by atoms with van der Waals surface area (Å²) in [6.07, 6.45) is 0. The maximum atomic E-state index is 13.2. The van der Waals surface area contributed by atoms with Crippen molar-refractivity contribution in [2.24, 2.45) is 0 Å². The topological polar surface area (TPSA) is 63.7 Å². The maximum absolute atomic E-state index is 13.2. The molecule has 0 spiro atoms. The van der Waals surface area contributed by atoms with Gasteiger partial charge in [-0.2, -0.15) is 0 Å². The Morgan fingerprint density at radius 3 is 2.13 bits per heavy atom. The molecule has 0 N–H and O–H groups in total. The summed E-state index contributed by atoms with van der Waals surface area (Å²) in [5, 5.41) is 0. The van der Waals surface area contributed by atoms with Gasteiger partial charge < -0.3 is 9.64 Å². The van der Waals surface area contributed by atoms with E-state index in [-0.39, 0.29) is 23.7 Å². The second-order valence-corrected chi connectivity index (χ2v) is 6.73. The average Bonchev–Trinajstić information content (AvgIpc) is 2.77. The van der Waals surface area contributed by atoms with Crippen molar-refractivity contribution >= 4 is 17.7 Å². The van der Waals surface area contributed by atoms with E-state index in [0.717, 1.165) is 0 Å². The molecule has 30 heavy (non-hydrogen) atoms. The molecular weight excluding hydrogens is 385 g/mol. The second-order valence-electron chi connectivity index (χ2n) is 6.73. The first kappa shape index (κ1) is 20.9. The van der Waals surface area contributed by atoms with E-state index in [4.69, 9.17) is 4.74 Å². The van der Waals surface area contributed by atoms with Gasteiger partial charge in [-0.15, -0.1) is 0 Å². The fourth-order valence-corrected chi connectivity index (χ4v) is 2.83. The van der Waals surface area contributed by atoms with Gasteiger partial charge >= 0.3 is 5.97 Å². The van der Waals surface area contributed by atoms with Crippen LogP contribution in [-0.2, 0) is 16.1 Å². The van der Waals surface area contributed by atoms with Crippen molar-refractivity contribution in [3.05, 3.63) is 107 Å². The van der Waals surface area contributed by atoms with Crippen LogP contribution in [-0.4, -0.2) is 36.2 Å². The van der Waals surface area contributed by atoms with Crippen LogP contribution in [0.4, 0.5) is 4.39 Å². The maximum Gasteiger partial charge on any atom is 0.338 e. The Labute approximate surface area is 173 Å². The smallest absolute Gasteiger partial charge is 0.338 e. The van der Waals surface area contributed by atoms with Gasteiger partial charge in [0.05, 0.1) is 5.56 Å². The van der Waals surface area contributed by atoms with E-state index in [1.165, 1.54) is 29.2 Å². The number of carbonyl (C=O) groups is 3. The quantitative estimate of drug-likeness (QED) is 0.442. The van der Waals surface area contributed by atoms with Crippen LogP contribution in [0.15, 0.2) is 78.9 Å². The van der Waals surface area contributed by atoms with E-state index in [1.54, 1.807) is 55.6 Å². The Balaban J connectivity index is 1.54. The molecule has 3 aromatic rings. The Morgan fingerprint density at radius 2 is 1.47 bits per heavy atom. The molecule has 0 aliphatic carbocycles. The van der Waals surface area contributed by atoms with Crippen LogP contribution in [0.1, 0.15) is 31.8 Å². The highest BCUT2D eigenvalue weighted by Crippen LogP contribution is 2.12. The molecule has 0 aliphatic heterocycles. The molecule has 1 amide bonds. The molecule has 0 aliphatic rings. The minimum Gasteiger partial charge on any atom is -0.452 e. The lowest BCUT2D eigenvalue weighted by atomic mass is 10.0. The summed E-state index contributed by atoms with van der Waals surface area (Å²) in [4.78, 5) is 38.1. The van der Waals surface area contributed by atoms with Crippen molar-refractivity contribution in [1.29, 1.82) is 0 Å². The van der Waals surface area contributed by atoms with Gasteiger partial charge in [0.1, 0.15) is 5.82 Å². The van der Waals surface area contributed by atoms with Crippen molar-refractivity contribution < 1.29 is 23.5 Å². The van der Waals surface area contributed by atoms with Crippen molar-refractivity contribution in [3.8, 4) is 0 Å². The van der Waals surface area contributed by atoms with Crippen molar-refractivity contribution in [3.63, 3.8) is 0 Å². The summed E-state index contributed by atoms with van der Waals surface area (Å²) < 4.78 is 18.3. The SMILES string of the molecule is CN(Cc1cccc(F)c1)C(=O)COC(=O)c1ccc(C(=O)c2ccccc2)cc1. The third-order valence-corrected chi connectivity index (χ3v) is 4.48. The molecule has 5 nitrogen and oxygen atoms in total. The van der Waals surface area contributed by atoms with E-state index >= 15 is 0 Å². The summed E-state index contributed by atoms with van der Waals surface area (Å²) in [5.41, 5.74) is 1.87. The number of ketones is 1. The normalized spacial score (nSPS) is 10.3. The molecule has 0 bridgehead atoms. The summed E-state index contributed by atoms with van der Waals surface area (Å²) in [7, 11) is 1.55. The second kappa shape index (κ2) is 9.60. The van der Waals surface area contributed by atoms with Gasteiger partial charge in [-0.05, 0) is 29.8 Å². The van der Waals surface area contributed by atoms with Crippen LogP contribution in [0, 0.1) is 5.82 Å². The number of carbonyl (C=O) groups excluding carboxylic acids is 3. The monoisotopic (exact) mass is 405 g/mol. The number of halogens is 1. The van der Waals surface area contributed by atoms with Gasteiger partial charge in [-0.25, -0.2) is 9.18 Å². The zero-order valence-corrected chi connectivity index (χ0v) is 16.4. The standard InChI is InChI=1S/C24H20FNO4/c1-26(15-17-6-5-9-21(25)14-17)22(27)16-30-24(29)20-12-10-19(11-13-20)23(28)18-7-3-2-4-8-18/h2-14H,15-16H2,1H3. The Hall–Kier alpha value is -3.80. The van der Waals surface area contributed by atoms with E-state index in [0.29, 0.717) is 16.7 Å². The summed E-state index contributed by atoms with van der Waals surface area (Å²) >= 11 is 0. The van der Waals surface area contributed by atoms with Crippen molar-refractivity contribution in [2.75, 3.05) is 13.7 Å². The van der Waals surface area contributed by atoms with Crippen molar-refractivity contribution in [1.82, 2.24) is 4.90 Å². The molecular formula is C24H20FNO4. The molecule has 0 heterocycles. The number of nitrogens with zero attached hydrogens (tertiary/aromatic N) is 1. The number of rotatable bonds is 7. The average molecular weight is 405 g/mol. The zero-order chi connectivity index (χ0) is 21.5. The fourth-order valence-electron chi connectivity index (χ4n) is 2.83. The van der Waals surface area contributed by atoms with Gasteiger partial charge in [0.25, 0.3) is 5.91 Å². The third-order valence-electron chi connectivity index (χ3n) is 4.48. The lowest BCUT2D eigenvalue weighted by molar-refractivity contribution is -0.133. The molecule has 0 atom stereocenters. The van der Waals surface area contributed by atoms with Crippen LogP contribution >= 0.6 is 0 Å². The summed E-state index contributed by atoms with van der Waals surface area (Å²) in [6.45, 7) is -0.236. The van der Waals surface area contributed by atoms with Gasteiger partial charge in [0.2, 0.25) is 0 Å². The molecule has 3 aromatic carbocycles. The minimum atomic E-state index is -0.666. The number of hydrogen-bond donors (Lipinski definition) is 0. The third kappa shape index (κ3) is 5.38. The molecule has 152 valence electrons. The molecule has 0 fully saturated rings. The number of esters is 1. The molecule has 0 saturated carbocycles. The molecule has 0 unspecified atom stereocenters. The number of hydrogen-bond acceptors (Lipinski definition) is 4. The van der Waals surface area contributed by atoms with Crippen LogP contribution in [0.2, 0.25) is 0 Å². The predicted octanol–water partition coefficient (Wildman–Crippen LogP) is 3.87. The van der Waals surface area contributed by atoms with E-state index in [9.17, 15) is 18.8 Å². The molecule has 0 radical (unpaired) electrons. The lowest BCUT2D eigenvalue weighted by Gasteiger charge is -2.17. The van der Waals surface area contributed by atoms with Crippen LogP contribution < -0.4 is 0 Å². The first-order valence-electron chi connectivity index (χ1n) is 9.29. The molecule has 0 saturated heterocycles. The van der Waals surface area contributed by atoms with E-state index in [1.807, 2.05) is 6.07 Å². The number of likely N-dealkylation sites (N-methyl/N-ethyl adjacent to an activating group) is 1. The highest BCUT2D eigenvalue weighted by Gasteiger charge is 2.15. The minimum absolute atomic E-state index is 0.148. The van der Waals surface area contributed by atoms with E-state index in [2.05, 4.69) is 0 Å². The van der Waals surface area contributed by atoms with Crippen LogP contribution in [0.25, 0.3) is 0 Å². The zero-order valence-electron chi connectivity index (χ0n) is 16.4. The summed E-state index contributed by atoms with van der Waals surface area (Å²) in [5.74, 6) is -1.61. The largest absolute Gasteiger partial charge is 0.452 e. The highest BCUT2D eigenvalue weighted by atomic mass is 19.1. The Morgan fingerprint density at radius 1 is 0.833 bits per heavy atom. The molecule has 3 rings (SSSR count). The van der Waals surface area contributed by atoms with Crippen molar-refractivity contribution in [2.45, 2.75) is 6.54 Å². The first-order valence-corrected chi connectivity index (χ1v) is 9.29. The van der Waals surface area contributed by atoms with Gasteiger partial charge in [-0.3, -0.25) is 9.59 Å². The number of benzene rings is 3. The van der Waals surface area contributed by atoms with Gasteiger partial charge in [0.15, 0.2) is 12.4 Å². The molecule has 0 aromatic heterocycles. The van der Waals surface area contributed by atoms with Crippen LogP contribution in [0.5, 0.6) is 0 Å². The fraction of sp³-hybridized carbons (Fsp3) is 0.125. The van der Waals surface area contributed by atoms with Gasteiger partial charge in [0, 0.05) is 24.7 Å². The van der Waals surface area contributed by atoms with E-state index < -0.39 is 18.5 Å². The molecule has 6 heteroatoms. The highest BCUT2D eigenvalue weighted by molar-refractivity contribution is 6.09. The van der Waals surface area contributed by atoms with Crippen LogP contribution in [0.3, 0.4) is 0 Å². The van der Waals surface area contributed by atoms with Gasteiger partial charge in [-0.1, -0.05) is 54.6 Å².